The van der Waals surface area contributed by atoms with Gasteiger partial charge in [0.2, 0.25) is 0 Å². The Labute approximate surface area is 89.1 Å². The van der Waals surface area contributed by atoms with E-state index < -0.39 is 0 Å². The quantitative estimate of drug-likeness (QED) is 0.804. The average molecular weight is 208 g/mol. The molecule has 0 spiro atoms. The molecule has 0 saturated carbocycles. The number of hydrogen-bond donors (Lipinski definition) is 1. The summed E-state index contributed by atoms with van der Waals surface area (Å²) in [6.45, 7) is 4.30. The summed E-state index contributed by atoms with van der Waals surface area (Å²) in [6.07, 6.45) is 2.71. The number of nitrogens with one attached hydrogen (secondary N) is 1. The van der Waals surface area contributed by atoms with E-state index in [0.717, 1.165) is 24.3 Å². The Morgan fingerprint density at radius 2 is 2.47 bits per heavy atom. The highest BCUT2D eigenvalue weighted by Gasteiger charge is 2.17. The van der Waals surface area contributed by atoms with Gasteiger partial charge >= 0.3 is 0 Å². The third-order valence-corrected chi connectivity index (χ3v) is 2.51. The van der Waals surface area contributed by atoms with Gasteiger partial charge in [0.25, 0.3) is 0 Å². The minimum absolute atomic E-state index is 0.676. The maximum atomic E-state index is 5.06. The molecule has 0 bridgehead atoms. The Bertz CT molecular complexity index is 370. The predicted octanol–water partition coefficient (Wildman–Crippen LogP) is 1.05. The van der Waals surface area contributed by atoms with Gasteiger partial charge < -0.3 is 10.1 Å². The average Bonchev–Trinajstić information content (AvgIpc) is 2.63. The second kappa shape index (κ2) is 4.44. The van der Waals surface area contributed by atoms with Crippen LogP contribution in [0.3, 0.4) is 0 Å². The summed E-state index contributed by atoms with van der Waals surface area (Å²) in [7, 11) is 1.70. The van der Waals surface area contributed by atoms with Crippen LogP contribution in [0.2, 0.25) is 0 Å². The molecule has 2 heterocycles. The molecule has 1 N–H and O–H groups in total. The Morgan fingerprint density at radius 3 is 3.20 bits per heavy atom. The number of nitrogens with zero attached hydrogens (tertiary/aromatic N) is 3. The minimum atomic E-state index is 0.676. The Morgan fingerprint density at radius 1 is 1.60 bits per heavy atom. The molecule has 0 atom stereocenters. The lowest BCUT2D eigenvalue weighted by atomic mass is 10.2. The summed E-state index contributed by atoms with van der Waals surface area (Å²) in [5.74, 6) is 0. The van der Waals surface area contributed by atoms with Gasteiger partial charge in [0.1, 0.15) is 5.69 Å². The number of anilines is 1. The van der Waals surface area contributed by atoms with Crippen molar-refractivity contribution in [1.82, 2.24) is 9.78 Å². The van der Waals surface area contributed by atoms with Crippen molar-refractivity contribution in [2.75, 3.05) is 19.0 Å². The Balaban J connectivity index is 2.26. The van der Waals surface area contributed by atoms with E-state index in [2.05, 4.69) is 22.3 Å². The van der Waals surface area contributed by atoms with Crippen LogP contribution in [0.4, 0.5) is 5.69 Å². The number of aliphatic imine (C=N–C) groups is 1. The maximum absolute atomic E-state index is 5.06. The number of ether oxygens (including phenoxy) is 1. The molecular weight excluding hydrogens is 192 g/mol. The SMILES string of the molecule is CCc1c2c(nn1CCOC)CN=CN2. The van der Waals surface area contributed by atoms with Gasteiger partial charge in [-0.05, 0) is 6.42 Å². The van der Waals surface area contributed by atoms with Crippen LogP contribution in [0.5, 0.6) is 0 Å². The summed E-state index contributed by atoms with van der Waals surface area (Å²) in [5.41, 5.74) is 3.39. The molecule has 1 aliphatic heterocycles. The fourth-order valence-corrected chi connectivity index (χ4v) is 1.79. The van der Waals surface area contributed by atoms with E-state index in [1.165, 1.54) is 5.69 Å². The van der Waals surface area contributed by atoms with Crippen LogP contribution in [-0.4, -0.2) is 29.8 Å². The Kier molecular flexibility index (Phi) is 3.01. The van der Waals surface area contributed by atoms with Crippen molar-refractivity contribution in [3.63, 3.8) is 0 Å². The van der Waals surface area contributed by atoms with Crippen molar-refractivity contribution in [3.05, 3.63) is 11.4 Å². The summed E-state index contributed by atoms with van der Waals surface area (Å²) in [4.78, 5) is 4.14. The molecule has 0 fully saturated rings. The molecule has 5 nitrogen and oxygen atoms in total. The van der Waals surface area contributed by atoms with Crippen molar-refractivity contribution >= 4 is 12.0 Å². The monoisotopic (exact) mass is 208 g/mol. The largest absolute Gasteiger partial charge is 0.383 e. The van der Waals surface area contributed by atoms with Crippen LogP contribution in [0.1, 0.15) is 18.3 Å². The van der Waals surface area contributed by atoms with Gasteiger partial charge in [-0.3, -0.25) is 9.67 Å². The lowest BCUT2D eigenvalue weighted by Gasteiger charge is -2.08. The van der Waals surface area contributed by atoms with E-state index in [9.17, 15) is 0 Å². The zero-order valence-corrected chi connectivity index (χ0v) is 9.16. The third kappa shape index (κ3) is 1.87. The highest BCUT2D eigenvalue weighted by atomic mass is 16.5. The lowest BCUT2D eigenvalue weighted by molar-refractivity contribution is 0.182. The van der Waals surface area contributed by atoms with Crippen molar-refractivity contribution in [1.29, 1.82) is 0 Å². The van der Waals surface area contributed by atoms with E-state index in [4.69, 9.17) is 4.74 Å². The second-order valence-electron chi connectivity index (χ2n) is 3.45. The van der Waals surface area contributed by atoms with Crippen LogP contribution in [-0.2, 0) is 24.2 Å². The molecule has 0 unspecified atom stereocenters. The van der Waals surface area contributed by atoms with Gasteiger partial charge in [-0.25, -0.2) is 0 Å². The molecule has 82 valence electrons. The summed E-state index contributed by atoms with van der Waals surface area (Å²) >= 11 is 0. The molecule has 0 saturated heterocycles. The van der Waals surface area contributed by atoms with Gasteiger partial charge in [-0.1, -0.05) is 6.92 Å². The van der Waals surface area contributed by atoms with Crippen LogP contribution in [0, 0.1) is 0 Å². The molecular formula is C10H16N4O. The van der Waals surface area contributed by atoms with Gasteiger partial charge in [-0.2, -0.15) is 5.10 Å². The number of hydrogen-bond acceptors (Lipinski definition) is 4. The highest BCUT2D eigenvalue weighted by Crippen LogP contribution is 2.23. The van der Waals surface area contributed by atoms with Crippen molar-refractivity contribution < 1.29 is 4.74 Å². The first-order chi connectivity index (χ1) is 7.36. The molecule has 5 heteroatoms. The number of fused-ring (bicyclic) bond motifs is 1. The molecule has 1 aliphatic rings. The molecule has 0 amide bonds. The van der Waals surface area contributed by atoms with Gasteiger partial charge in [0.05, 0.1) is 37.4 Å². The summed E-state index contributed by atoms with van der Waals surface area (Å²) in [5, 5.41) is 7.68. The summed E-state index contributed by atoms with van der Waals surface area (Å²) in [6, 6.07) is 0. The van der Waals surface area contributed by atoms with Gasteiger partial charge in [0, 0.05) is 7.11 Å². The zero-order valence-electron chi connectivity index (χ0n) is 9.16. The van der Waals surface area contributed by atoms with Crippen LogP contribution in [0.15, 0.2) is 4.99 Å². The van der Waals surface area contributed by atoms with Crippen molar-refractivity contribution in [2.24, 2.45) is 4.99 Å². The highest BCUT2D eigenvalue weighted by molar-refractivity contribution is 5.80. The molecule has 0 aliphatic carbocycles. The standard InChI is InChI=1S/C10H16N4O/c1-3-9-10-8(6-11-7-12-10)13-14(9)4-5-15-2/h7H,3-6H2,1-2H3,(H,11,12). The fourth-order valence-electron chi connectivity index (χ4n) is 1.79. The number of aromatic nitrogens is 2. The molecule has 1 aromatic heterocycles. The van der Waals surface area contributed by atoms with Crippen LogP contribution in [0.25, 0.3) is 0 Å². The van der Waals surface area contributed by atoms with Crippen molar-refractivity contribution in [2.45, 2.75) is 26.4 Å². The normalized spacial score (nSPS) is 13.7. The zero-order chi connectivity index (χ0) is 10.7. The smallest absolute Gasteiger partial charge is 0.108 e. The van der Waals surface area contributed by atoms with E-state index in [0.29, 0.717) is 13.2 Å². The van der Waals surface area contributed by atoms with E-state index in [1.54, 1.807) is 13.4 Å². The van der Waals surface area contributed by atoms with Crippen LogP contribution < -0.4 is 5.32 Å². The van der Waals surface area contributed by atoms with E-state index in [1.807, 2.05) is 4.68 Å². The first-order valence-electron chi connectivity index (χ1n) is 5.19. The minimum Gasteiger partial charge on any atom is -0.383 e. The Hall–Kier alpha value is -1.36. The van der Waals surface area contributed by atoms with Gasteiger partial charge in [0.15, 0.2) is 0 Å². The molecule has 0 aromatic carbocycles. The molecule has 15 heavy (non-hydrogen) atoms. The number of methoxy groups -OCH3 is 1. The first kappa shape index (κ1) is 10.2. The van der Waals surface area contributed by atoms with Gasteiger partial charge in [-0.15, -0.1) is 0 Å². The van der Waals surface area contributed by atoms with Crippen LogP contribution >= 0.6 is 0 Å². The van der Waals surface area contributed by atoms with E-state index >= 15 is 0 Å². The van der Waals surface area contributed by atoms with Crippen molar-refractivity contribution in [3.8, 4) is 0 Å². The first-order valence-corrected chi connectivity index (χ1v) is 5.19. The fraction of sp³-hybridized carbons (Fsp3) is 0.600. The third-order valence-electron chi connectivity index (χ3n) is 2.51. The molecule has 0 radical (unpaired) electrons. The lowest BCUT2D eigenvalue weighted by Crippen LogP contribution is -2.09. The summed E-state index contributed by atoms with van der Waals surface area (Å²) < 4.78 is 7.07. The maximum Gasteiger partial charge on any atom is 0.108 e. The molecule has 2 rings (SSSR count). The second-order valence-corrected chi connectivity index (χ2v) is 3.45. The predicted molar refractivity (Wildman–Crippen MR) is 59.3 cm³/mol. The number of rotatable bonds is 4. The topological polar surface area (TPSA) is 51.4 Å². The molecule has 1 aromatic rings. The van der Waals surface area contributed by atoms with E-state index in [-0.39, 0.29) is 0 Å².